The second-order valence-electron chi connectivity index (χ2n) is 7.02. The first-order valence-electron chi connectivity index (χ1n) is 9.55. The van der Waals surface area contributed by atoms with Crippen LogP contribution in [0.5, 0.6) is 5.75 Å². The van der Waals surface area contributed by atoms with Gasteiger partial charge in [0.1, 0.15) is 23.1 Å². The molecule has 4 rings (SSSR count). The van der Waals surface area contributed by atoms with Crippen LogP contribution in [0.25, 0.3) is 10.6 Å². The van der Waals surface area contributed by atoms with Gasteiger partial charge < -0.3 is 9.64 Å². The molecule has 1 aliphatic heterocycles. The number of rotatable bonds is 5. The van der Waals surface area contributed by atoms with Crippen molar-refractivity contribution in [2.45, 2.75) is 25.6 Å². The molecule has 0 saturated carbocycles. The van der Waals surface area contributed by atoms with Crippen LogP contribution in [0.2, 0.25) is 0 Å². The summed E-state index contributed by atoms with van der Waals surface area (Å²) in [5, 5.41) is 2.42. The summed E-state index contributed by atoms with van der Waals surface area (Å²) in [6, 6.07) is 12.2. The first kappa shape index (κ1) is 20.4. The molecule has 4 nitrogen and oxygen atoms in total. The molecule has 0 N–H and O–H groups in total. The molecule has 1 fully saturated rings. The van der Waals surface area contributed by atoms with Crippen molar-refractivity contribution in [1.29, 1.82) is 0 Å². The zero-order chi connectivity index (χ0) is 21.1. The molecule has 156 valence electrons. The summed E-state index contributed by atoms with van der Waals surface area (Å²) in [6.45, 7) is 1.65. The number of thiazole rings is 1. The fourth-order valence-corrected chi connectivity index (χ4v) is 4.12. The fraction of sp³-hybridized carbons (Fsp3) is 0.273. The van der Waals surface area contributed by atoms with E-state index in [2.05, 4.69) is 4.98 Å². The predicted molar refractivity (Wildman–Crippen MR) is 108 cm³/mol. The molecule has 0 radical (unpaired) electrons. The van der Waals surface area contributed by atoms with E-state index in [1.807, 2.05) is 23.1 Å². The Labute approximate surface area is 175 Å². The minimum Gasteiger partial charge on any atom is -0.488 e. The number of hydrogen-bond donors (Lipinski definition) is 0. The number of ether oxygens (including phenoxy) is 1. The molecule has 0 spiro atoms. The monoisotopic (exact) mass is 432 g/mol. The van der Waals surface area contributed by atoms with E-state index in [0.717, 1.165) is 43.6 Å². The van der Waals surface area contributed by atoms with Crippen molar-refractivity contribution in [3.8, 4) is 16.3 Å². The number of benzene rings is 2. The van der Waals surface area contributed by atoms with Gasteiger partial charge in [0.05, 0.1) is 11.1 Å². The van der Waals surface area contributed by atoms with Crippen LogP contribution in [0, 0.1) is 0 Å². The van der Waals surface area contributed by atoms with Gasteiger partial charge in [-0.05, 0) is 42.7 Å². The quantitative estimate of drug-likeness (QED) is 0.524. The number of amides is 1. The topological polar surface area (TPSA) is 42.4 Å². The molecular formula is C22H19F3N2O2S. The third-order valence-electron chi connectivity index (χ3n) is 4.91. The number of para-hydroxylation sites is 1. The number of likely N-dealkylation sites (tertiary alicyclic amines) is 1. The standard InChI is InChI=1S/C22H19F3N2O2S/c23-22(24,25)16-9-7-15(8-10-16)13-29-19-6-2-1-5-17(19)20-26-18(14-30-20)21(28)27-11-3-4-12-27/h1-2,5-10,14H,3-4,11-13H2. The lowest BCUT2D eigenvalue weighted by Crippen LogP contribution is -2.27. The van der Waals surface area contributed by atoms with Crippen molar-refractivity contribution in [3.05, 3.63) is 70.7 Å². The Hall–Kier alpha value is -2.87. The summed E-state index contributed by atoms with van der Waals surface area (Å²) >= 11 is 1.37. The molecule has 3 aromatic rings. The SMILES string of the molecule is O=C(c1csc(-c2ccccc2OCc2ccc(C(F)(F)F)cc2)n1)N1CCCC1. The minimum atomic E-state index is -4.36. The number of carbonyl (C=O) groups is 1. The molecule has 8 heteroatoms. The van der Waals surface area contributed by atoms with Gasteiger partial charge in [-0.2, -0.15) is 13.2 Å². The third-order valence-corrected chi connectivity index (χ3v) is 5.79. The fourth-order valence-electron chi connectivity index (χ4n) is 3.30. The zero-order valence-corrected chi connectivity index (χ0v) is 16.8. The van der Waals surface area contributed by atoms with E-state index in [0.29, 0.717) is 22.0 Å². The van der Waals surface area contributed by atoms with Crippen LogP contribution >= 0.6 is 11.3 Å². The van der Waals surface area contributed by atoms with Crippen LogP contribution in [0.4, 0.5) is 13.2 Å². The number of carbonyl (C=O) groups excluding carboxylic acids is 1. The molecule has 1 saturated heterocycles. The summed E-state index contributed by atoms with van der Waals surface area (Å²) < 4.78 is 44.0. The smallest absolute Gasteiger partial charge is 0.416 e. The van der Waals surface area contributed by atoms with Crippen molar-refractivity contribution in [3.63, 3.8) is 0 Å². The van der Waals surface area contributed by atoms with E-state index in [-0.39, 0.29) is 12.5 Å². The Bertz CT molecular complexity index is 1030. The Morgan fingerprint density at radius 2 is 1.77 bits per heavy atom. The lowest BCUT2D eigenvalue weighted by Gasteiger charge is -2.13. The van der Waals surface area contributed by atoms with Crippen molar-refractivity contribution < 1.29 is 22.7 Å². The van der Waals surface area contributed by atoms with Crippen molar-refractivity contribution in [2.75, 3.05) is 13.1 Å². The summed E-state index contributed by atoms with van der Waals surface area (Å²) in [5.41, 5.74) is 1.11. The maximum absolute atomic E-state index is 12.7. The third kappa shape index (κ3) is 4.48. The molecule has 0 bridgehead atoms. The molecule has 0 aliphatic carbocycles. The van der Waals surface area contributed by atoms with Crippen LogP contribution in [0.3, 0.4) is 0 Å². The lowest BCUT2D eigenvalue weighted by molar-refractivity contribution is -0.137. The maximum Gasteiger partial charge on any atom is 0.416 e. The molecule has 2 heterocycles. The highest BCUT2D eigenvalue weighted by Crippen LogP contribution is 2.33. The largest absolute Gasteiger partial charge is 0.488 e. The van der Waals surface area contributed by atoms with Gasteiger partial charge in [-0.15, -0.1) is 11.3 Å². The molecule has 2 aromatic carbocycles. The van der Waals surface area contributed by atoms with E-state index in [4.69, 9.17) is 4.74 Å². The Kier molecular flexibility index (Phi) is 5.76. The molecule has 30 heavy (non-hydrogen) atoms. The average molecular weight is 432 g/mol. The van der Waals surface area contributed by atoms with Crippen LogP contribution in [-0.2, 0) is 12.8 Å². The van der Waals surface area contributed by atoms with Gasteiger partial charge >= 0.3 is 6.18 Å². The zero-order valence-electron chi connectivity index (χ0n) is 16.0. The maximum atomic E-state index is 12.7. The van der Waals surface area contributed by atoms with E-state index in [9.17, 15) is 18.0 Å². The van der Waals surface area contributed by atoms with Crippen molar-refractivity contribution in [2.24, 2.45) is 0 Å². The molecular weight excluding hydrogens is 413 g/mol. The van der Waals surface area contributed by atoms with Crippen LogP contribution in [-0.4, -0.2) is 28.9 Å². The number of hydrogen-bond acceptors (Lipinski definition) is 4. The van der Waals surface area contributed by atoms with Crippen LogP contribution in [0.1, 0.15) is 34.5 Å². The highest BCUT2D eigenvalue weighted by molar-refractivity contribution is 7.13. The summed E-state index contributed by atoms with van der Waals surface area (Å²) in [6.07, 6.45) is -2.33. The second-order valence-corrected chi connectivity index (χ2v) is 7.87. The normalized spacial score (nSPS) is 14.2. The van der Waals surface area contributed by atoms with Crippen molar-refractivity contribution in [1.82, 2.24) is 9.88 Å². The van der Waals surface area contributed by atoms with Gasteiger partial charge in [0, 0.05) is 18.5 Å². The Morgan fingerprint density at radius 1 is 1.07 bits per heavy atom. The first-order valence-corrected chi connectivity index (χ1v) is 10.4. The van der Waals surface area contributed by atoms with E-state index < -0.39 is 11.7 Å². The summed E-state index contributed by atoms with van der Waals surface area (Å²) in [4.78, 5) is 18.9. The summed E-state index contributed by atoms with van der Waals surface area (Å²) in [5.74, 6) is 0.505. The molecule has 1 aliphatic rings. The highest BCUT2D eigenvalue weighted by atomic mass is 32.1. The predicted octanol–water partition coefficient (Wildman–Crippen LogP) is 5.64. The number of nitrogens with zero attached hydrogens (tertiary/aromatic N) is 2. The molecule has 0 atom stereocenters. The van der Waals surface area contributed by atoms with Gasteiger partial charge in [-0.3, -0.25) is 4.79 Å². The average Bonchev–Trinajstić information content (AvgIpc) is 3.44. The van der Waals surface area contributed by atoms with Gasteiger partial charge in [0.25, 0.3) is 5.91 Å². The Balaban J connectivity index is 1.48. The number of halogens is 3. The Morgan fingerprint density at radius 3 is 2.47 bits per heavy atom. The molecule has 0 unspecified atom stereocenters. The highest BCUT2D eigenvalue weighted by Gasteiger charge is 2.30. The van der Waals surface area contributed by atoms with Crippen LogP contribution in [0.15, 0.2) is 53.9 Å². The summed E-state index contributed by atoms with van der Waals surface area (Å²) in [7, 11) is 0. The van der Waals surface area contributed by atoms with Crippen LogP contribution < -0.4 is 4.74 Å². The van der Waals surface area contributed by atoms with E-state index >= 15 is 0 Å². The second kappa shape index (κ2) is 8.47. The number of alkyl halides is 3. The lowest BCUT2D eigenvalue weighted by atomic mass is 10.1. The van der Waals surface area contributed by atoms with Gasteiger partial charge in [0.15, 0.2) is 0 Å². The van der Waals surface area contributed by atoms with Gasteiger partial charge in [-0.25, -0.2) is 4.98 Å². The van der Waals surface area contributed by atoms with Gasteiger partial charge in [0.2, 0.25) is 0 Å². The van der Waals surface area contributed by atoms with E-state index in [1.54, 1.807) is 11.4 Å². The minimum absolute atomic E-state index is 0.0573. The van der Waals surface area contributed by atoms with E-state index in [1.165, 1.54) is 23.5 Å². The van der Waals surface area contributed by atoms with Gasteiger partial charge in [-0.1, -0.05) is 24.3 Å². The first-order chi connectivity index (χ1) is 14.4. The van der Waals surface area contributed by atoms with Crippen molar-refractivity contribution >= 4 is 17.2 Å². The molecule has 1 aromatic heterocycles. The molecule has 1 amide bonds. The number of aromatic nitrogens is 1.